The van der Waals surface area contributed by atoms with E-state index in [0.717, 1.165) is 11.1 Å². The van der Waals surface area contributed by atoms with Gasteiger partial charge >= 0.3 is 5.97 Å². The van der Waals surface area contributed by atoms with Crippen LogP contribution in [0, 0.1) is 25.7 Å². The molecule has 0 radical (unpaired) electrons. The Balaban J connectivity index is 1.91. The number of carboxylic acid groups (broad SMARTS) is 1. The van der Waals surface area contributed by atoms with Crippen molar-refractivity contribution in [2.24, 2.45) is 11.8 Å². The number of nitrogens with one attached hydrogen (secondary N) is 1. The van der Waals surface area contributed by atoms with Crippen molar-refractivity contribution >= 4 is 21.9 Å². The zero-order valence-electron chi connectivity index (χ0n) is 16.1. The molecule has 1 atom stereocenters. The molecule has 1 amide bonds. The van der Waals surface area contributed by atoms with Gasteiger partial charge in [-0.25, -0.2) is 8.42 Å². The summed E-state index contributed by atoms with van der Waals surface area (Å²) in [5, 5.41) is 11.5. The molecule has 27 heavy (non-hydrogen) atoms. The molecule has 1 saturated heterocycles. The summed E-state index contributed by atoms with van der Waals surface area (Å²) in [4.78, 5) is 23.2. The van der Waals surface area contributed by atoms with Gasteiger partial charge in [0.05, 0.1) is 4.90 Å². The highest BCUT2D eigenvalue weighted by Crippen LogP contribution is 2.25. The minimum Gasteiger partial charge on any atom is -0.481 e. The van der Waals surface area contributed by atoms with Crippen molar-refractivity contribution in [1.82, 2.24) is 9.62 Å². The highest BCUT2D eigenvalue weighted by molar-refractivity contribution is 7.89. The van der Waals surface area contributed by atoms with Crippen molar-refractivity contribution in [1.29, 1.82) is 0 Å². The highest BCUT2D eigenvalue weighted by atomic mass is 32.2. The fraction of sp³-hybridized carbons (Fsp3) is 0.579. The minimum absolute atomic E-state index is 0.00688. The van der Waals surface area contributed by atoms with E-state index in [4.69, 9.17) is 5.11 Å². The molecule has 1 heterocycles. The molecule has 0 saturated carbocycles. The van der Waals surface area contributed by atoms with Gasteiger partial charge in [0.2, 0.25) is 15.9 Å². The van der Waals surface area contributed by atoms with E-state index in [1.54, 1.807) is 25.1 Å². The van der Waals surface area contributed by atoms with Crippen LogP contribution in [0.2, 0.25) is 0 Å². The molecule has 0 spiro atoms. The van der Waals surface area contributed by atoms with Crippen LogP contribution >= 0.6 is 0 Å². The molecule has 0 aliphatic carbocycles. The number of aryl methyl sites for hydroxylation is 2. The number of carbonyl (C=O) groups is 2. The SMILES string of the molecule is Cc1ccc(S(=O)(=O)N2CCC(C(=O)NCC(C)CC(=O)O)CC2)cc1C. The van der Waals surface area contributed by atoms with Gasteiger partial charge < -0.3 is 10.4 Å². The van der Waals surface area contributed by atoms with Gasteiger partial charge in [-0.2, -0.15) is 4.31 Å². The summed E-state index contributed by atoms with van der Waals surface area (Å²) in [6.07, 6.45) is 0.930. The summed E-state index contributed by atoms with van der Waals surface area (Å²) in [7, 11) is -3.55. The van der Waals surface area contributed by atoms with Crippen LogP contribution in [-0.2, 0) is 19.6 Å². The van der Waals surface area contributed by atoms with Gasteiger partial charge in [0.1, 0.15) is 0 Å². The van der Waals surface area contributed by atoms with E-state index in [9.17, 15) is 18.0 Å². The van der Waals surface area contributed by atoms with E-state index >= 15 is 0 Å². The zero-order valence-corrected chi connectivity index (χ0v) is 16.9. The van der Waals surface area contributed by atoms with Crippen LogP contribution in [-0.4, -0.2) is 49.3 Å². The number of hydrogen-bond donors (Lipinski definition) is 2. The molecule has 1 unspecified atom stereocenters. The smallest absolute Gasteiger partial charge is 0.303 e. The number of aliphatic carboxylic acids is 1. The second-order valence-electron chi connectivity index (χ2n) is 7.37. The van der Waals surface area contributed by atoms with Crippen LogP contribution in [0.3, 0.4) is 0 Å². The quantitative estimate of drug-likeness (QED) is 0.733. The Labute approximate surface area is 160 Å². The van der Waals surface area contributed by atoms with Crippen LogP contribution in [0.1, 0.15) is 37.3 Å². The second-order valence-corrected chi connectivity index (χ2v) is 9.31. The molecular formula is C19H28N2O5S. The van der Waals surface area contributed by atoms with Crippen molar-refractivity contribution in [2.75, 3.05) is 19.6 Å². The molecule has 1 fully saturated rings. The number of piperidine rings is 1. The minimum atomic E-state index is -3.55. The first-order valence-corrected chi connectivity index (χ1v) is 10.6. The van der Waals surface area contributed by atoms with Crippen LogP contribution in [0.15, 0.2) is 23.1 Å². The van der Waals surface area contributed by atoms with E-state index in [1.807, 2.05) is 13.8 Å². The molecule has 7 nitrogen and oxygen atoms in total. The van der Waals surface area contributed by atoms with Gasteiger partial charge in [0.25, 0.3) is 0 Å². The van der Waals surface area contributed by atoms with E-state index in [1.165, 1.54) is 4.31 Å². The molecule has 1 aliphatic heterocycles. The first kappa shape index (κ1) is 21.4. The maximum absolute atomic E-state index is 12.8. The van der Waals surface area contributed by atoms with Crippen molar-refractivity contribution in [2.45, 2.75) is 44.9 Å². The Morgan fingerprint density at radius 1 is 1.22 bits per heavy atom. The maximum Gasteiger partial charge on any atom is 0.303 e. The van der Waals surface area contributed by atoms with Gasteiger partial charge in [0, 0.05) is 32.0 Å². The molecule has 0 aromatic heterocycles. The highest BCUT2D eigenvalue weighted by Gasteiger charge is 2.32. The largest absolute Gasteiger partial charge is 0.481 e. The third-order valence-corrected chi connectivity index (χ3v) is 6.98. The summed E-state index contributed by atoms with van der Waals surface area (Å²) >= 11 is 0. The summed E-state index contributed by atoms with van der Waals surface area (Å²) in [6, 6.07) is 5.12. The predicted octanol–water partition coefficient (Wildman–Crippen LogP) is 1.93. The van der Waals surface area contributed by atoms with E-state index in [0.29, 0.717) is 32.5 Å². The maximum atomic E-state index is 12.8. The molecule has 1 aliphatic rings. The van der Waals surface area contributed by atoms with Crippen LogP contribution < -0.4 is 5.32 Å². The van der Waals surface area contributed by atoms with Crippen LogP contribution in [0.25, 0.3) is 0 Å². The summed E-state index contributed by atoms with van der Waals surface area (Å²) in [5.41, 5.74) is 1.97. The second kappa shape index (κ2) is 8.84. The van der Waals surface area contributed by atoms with Crippen molar-refractivity contribution in [3.63, 3.8) is 0 Å². The standard InChI is InChI=1S/C19H28N2O5S/c1-13(10-18(22)23)12-20-19(24)16-6-8-21(9-7-16)27(25,26)17-5-4-14(2)15(3)11-17/h4-5,11,13,16H,6-10,12H2,1-3H3,(H,20,24)(H,22,23). The fourth-order valence-electron chi connectivity index (χ4n) is 3.17. The summed E-state index contributed by atoms with van der Waals surface area (Å²) in [6.45, 7) is 6.51. The number of carbonyl (C=O) groups excluding carboxylic acids is 1. The number of hydrogen-bond acceptors (Lipinski definition) is 4. The van der Waals surface area contributed by atoms with Crippen LogP contribution in [0.5, 0.6) is 0 Å². The van der Waals surface area contributed by atoms with Gasteiger partial charge in [-0.05, 0) is 55.9 Å². The fourth-order valence-corrected chi connectivity index (χ4v) is 4.73. The lowest BCUT2D eigenvalue weighted by Crippen LogP contribution is -2.43. The van der Waals surface area contributed by atoms with Gasteiger partial charge in [0.15, 0.2) is 0 Å². The van der Waals surface area contributed by atoms with E-state index in [-0.39, 0.29) is 29.1 Å². The van der Waals surface area contributed by atoms with Crippen molar-refractivity contribution in [3.8, 4) is 0 Å². The van der Waals surface area contributed by atoms with Gasteiger partial charge in [-0.15, -0.1) is 0 Å². The topological polar surface area (TPSA) is 104 Å². The van der Waals surface area contributed by atoms with E-state index in [2.05, 4.69) is 5.32 Å². The number of carboxylic acids is 1. The first-order chi connectivity index (χ1) is 12.6. The molecule has 8 heteroatoms. The number of sulfonamides is 1. The molecule has 2 N–H and O–H groups in total. The molecule has 2 rings (SSSR count). The van der Waals surface area contributed by atoms with Crippen molar-refractivity contribution in [3.05, 3.63) is 29.3 Å². The van der Waals surface area contributed by atoms with Crippen molar-refractivity contribution < 1.29 is 23.1 Å². The molecule has 0 bridgehead atoms. The average molecular weight is 397 g/mol. The molecule has 150 valence electrons. The third-order valence-electron chi connectivity index (χ3n) is 5.09. The lowest BCUT2D eigenvalue weighted by molar-refractivity contribution is -0.138. The Kier molecular flexibility index (Phi) is 7.00. The molecule has 1 aromatic carbocycles. The molecular weight excluding hydrogens is 368 g/mol. The summed E-state index contributed by atoms with van der Waals surface area (Å²) < 4.78 is 27.1. The Morgan fingerprint density at radius 2 is 1.85 bits per heavy atom. The normalized spacial score (nSPS) is 17.4. The average Bonchev–Trinajstić information content (AvgIpc) is 2.61. The lowest BCUT2D eigenvalue weighted by Gasteiger charge is -2.30. The predicted molar refractivity (Wildman–Crippen MR) is 102 cm³/mol. The van der Waals surface area contributed by atoms with Gasteiger partial charge in [-0.3, -0.25) is 9.59 Å². The Morgan fingerprint density at radius 3 is 2.41 bits per heavy atom. The number of amides is 1. The van der Waals surface area contributed by atoms with Crippen LogP contribution in [0.4, 0.5) is 0 Å². The number of nitrogens with zero attached hydrogens (tertiary/aromatic N) is 1. The Hall–Kier alpha value is -1.93. The first-order valence-electron chi connectivity index (χ1n) is 9.18. The van der Waals surface area contributed by atoms with Gasteiger partial charge in [-0.1, -0.05) is 13.0 Å². The summed E-state index contributed by atoms with van der Waals surface area (Å²) in [5.74, 6) is -1.40. The lowest BCUT2D eigenvalue weighted by atomic mass is 9.97. The number of benzene rings is 1. The van der Waals surface area contributed by atoms with E-state index < -0.39 is 16.0 Å². The monoisotopic (exact) mass is 396 g/mol. The Bertz CT molecular complexity index is 798. The zero-order chi connectivity index (χ0) is 20.2. The third kappa shape index (κ3) is 5.52. The molecule has 1 aromatic rings. The number of rotatable bonds is 7.